The maximum Gasteiger partial charge on any atom is 0.413 e. The summed E-state index contributed by atoms with van der Waals surface area (Å²) in [5.74, 6) is 0.538. The van der Waals surface area contributed by atoms with Gasteiger partial charge >= 0.3 is 6.09 Å². The summed E-state index contributed by atoms with van der Waals surface area (Å²) in [7, 11) is 0. The summed E-state index contributed by atoms with van der Waals surface area (Å²) in [5.41, 5.74) is 2.66. The van der Waals surface area contributed by atoms with Crippen LogP contribution in [0.25, 0.3) is 27.6 Å². The molecule has 0 spiro atoms. The Balaban J connectivity index is 1.53. The molecule has 0 aliphatic rings. The van der Waals surface area contributed by atoms with Crippen LogP contribution in [0.5, 0.6) is 5.75 Å². The molecule has 5 rings (SSSR count). The van der Waals surface area contributed by atoms with Crippen LogP contribution in [0.4, 0.5) is 10.6 Å². The minimum atomic E-state index is -0.683. The topological polar surface area (TPSA) is 142 Å². The quantitative estimate of drug-likeness (QED) is 0.330. The van der Waals surface area contributed by atoms with Crippen LogP contribution < -0.4 is 10.1 Å². The number of aryl methyl sites for hydroxylation is 1. The lowest BCUT2D eigenvalue weighted by atomic mass is 10.2. The Kier molecular flexibility index (Phi) is 6.64. The first-order valence-electron chi connectivity index (χ1n) is 12.1. The first-order chi connectivity index (χ1) is 18.2. The Morgan fingerprint density at radius 2 is 1.95 bits per heavy atom. The van der Waals surface area contributed by atoms with E-state index in [0.29, 0.717) is 34.8 Å². The van der Waals surface area contributed by atoms with Crippen LogP contribution in [0.1, 0.15) is 32.2 Å². The van der Waals surface area contributed by atoms with E-state index < -0.39 is 11.7 Å². The van der Waals surface area contributed by atoms with Crippen molar-refractivity contribution in [3.8, 4) is 11.4 Å². The minimum Gasteiger partial charge on any atom is -0.483 e. The van der Waals surface area contributed by atoms with Crippen LogP contribution >= 0.6 is 0 Å². The summed E-state index contributed by atoms with van der Waals surface area (Å²) >= 11 is 0. The molecule has 0 aromatic carbocycles. The summed E-state index contributed by atoms with van der Waals surface area (Å²) in [6.45, 7) is 7.49. The third kappa shape index (κ3) is 5.39. The summed E-state index contributed by atoms with van der Waals surface area (Å²) in [4.78, 5) is 26.3. The van der Waals surface area contributed by atoms with E-state index in [-0.39, 0.29) is 19.0 Å². The zero-order chi connectivity index (χ0) is 26.9. The van der Waals surface area contributed by atoms with Gasteiger partial charge in [0, 0.05) is 35.1 Å². The summed E-state index contributed by atoms with van der Waals surface area (Å²) < 4.78 is 15.0. The van der Waals surface area contributed by atoms with Crippen molar-refractivity contribution in [1.82, 2.24) is 34.5 Å². The highest BCUT2D eigenvalue weighted by molar-refractivity contribution is 5.90. The first-order valence-corrected chi connectivity index (χ1v) is 12.1. The molecule has 0 radical (unpaired) electrons. The van der Waals surface area contributed by atoms with Crippen molar-refractivity contribution < 1.29 is 19.4 Å². The molecule has 0 atom stereocenters. The number of pyridine rings is 3. The van der Waals surface area contributed by atoms with E-state index in [1.165, 1.54) is 0 Å². The summed E-state index contributed by atoms with van der Waals surface area (Å²) in [6, 6.07) is 7.33. The molecule has 0 unspecified atom stereocenters. The van der Waals surface area contributed by atoms with E-state index in [9.17, 15) is 9.90 Å². The van der Waals surface area contributed by atoms with Gasteiger partial charge in [0.05, 0.1) is 30.6 Å². The van der Waals surface area contributed by atoms with Crippen LogP contribution in [-0.4, -0.2) is 57.9 Å². The number of nitrogens with zero attached hydrogens (tertiary/aromatic N) is 7. The SMILES string of the molecule is Cc1cc2nc(NC(=O)OC(C)(C)C)c(OCc3nc4c(cnn4CCO)cc3-n3cccn3)cc2cn1. The second kappa shape index (κ2) is 10.1. The largest absolute Gasteiger partial charge is 0.483 e. The van der Waals surface area contributed by atoms with Crippen molar-refractivity contribution in [2.24, 2.45) is 0 Å². The molecule has 5 heterocycles. The Labute approximate surface area is 218 Å². The third-order valence-electron chi connectivity index (χ3n) is 5.52. The number of aliphatic hydroxyl groups is 1. The van der Waals surface area contributed by atoms with Crippen molar-refractivity contribution in [3.05, 3.63) is 60.4 Å². The van der Waals surface area contributed by atoms with Gasteiger partial charge in [0.1, 0.15) is 17.9 Å². The number of aromatic nitrogens is 7. The predicted octanol–water partition coefficient (Wildman–Crippen LogP) is 3.79. The van der Waals surface area contributed by atoms with Crippen LogP contribution in [0.2, 0.25) is 0 Å². The molecule has 196 valence electrons. The smallest absolute Gasteiger partial charge is 0.413 e. The fraction of sp³-hybridized carbons (Fsp3) is 0.308. The monoisotopic (exact) mass is 516 g/mol. The molecule has 0 aliphatic carbocycles. The molecule has 12 heteroatoms. The highest BCUT2D eigenvalue weighted by Gasteiger charge is 2.20. The average Bonchev–Trinajstić information content (AvgIpc) is 3.51. The number of anilines is 1. The molecule has 0 fully saturated rings. The van der Waals surface area contributed by atoms with Gasteiger partial charge in [-0.2, -0.15) is 10.2 Å². The van der Waals surface area contributed by atoms with E-state index in [1.54, 1.807) is 54.8 Å². The van der Waals surface area contributed by atoms with Gasteiger partial charge in [-0.3, -0.25) is 10.3 Å². The van der Waals surface area contributed by atoms with Gasteiger partial charge < -0.3 is 14.6 Å². The standard InChI is InChI=1S/C26H28N8O4/c1-16-10-19-17(13-27-16)12-22(23(30-19)32-25(36)38-26(2,3)4)37-15-20-21(33-7-5-6-28-33)11-18-14-29-34(8-9-35)24(18)31-20/h5-7,10-14,35H,8-9,15H2,1-4H3,(H,30,32,36). The number of aliphatic hydroxyl groups excluding tert-OH is 1. The van der Waals surface area contributed by atoms with Crippen LogP contribution in [-0.2, 0) is 17.9 Å². The van der Waals surface area contributed by atoms with Gasteiger partial charge in [-0.05, 0) is 52.0 Å². The molecule has 2 N–H and O–H groups in total. The molecule has 5 aromatic heterocycles. The lowest BCUT2D eigenvalue weighted by molar-refractivity contribution is 0.0634. The number of carbonyl (C=O) groups excluding carboxylic acids is 1. The third-order valence-corrected chi connectivity index (χ3v) is 5.52. The van der Waals surface area contributed by atoms with E-state index in [4.69, 9.17) is 14.5 Å². The highest BCUT2D eigenvalue weighted by Crippen LogP contribution is 2.30. The van der Waals surface area contributed by atoms with E-state index >= 15 is 0 Å². The number of rotatable bonds is 7. The zero-order valence-corrected chi connectivity index (χ0v) is 21.5. The number of nitrogens with one attached hydrogen (secondary N) is 1. The van der Waals surface area contributed by atoms with Crippen molar-refractivity contribution >= 4 is 33.8 Å². The van der Waals surface area contributed by atoms with Crippen molar-refractivity contribution in [2.45, 2.75) is 46.4 Å². The maximum atomic E-state index is 12.6. The molecule has 38 heavy (non-hydrogen) atoms. The zero-order valence-electron chi connectivity index (χ0n) is 21.5. The molecular formula is C26H28N8O4. The second-order valence-corrected chi connectivity index (χ2v) is 9.68. The van der Waals surface area contributed by atoms with E-state index in [0.717, 1.165) is 16.5 Å². The highest BCUT2D eigenvalue weighted by atomic mass is 16.6. The molecule has 12 nitrogen and oxygen atoms in total. The van der Waals surface area contributed by atoms with Gasteiger partial charge in [-0.1, -0.05) is 0 Å². The van der Waals surface area contributed by atoms with Gasteiger partial charge in [0.25, 0.3) is 0 Å². The number of fused-ring (bicyclic) bond motifs is 2. The lowest BCUT2D eigenvalue weighted by Crippen LogP contribution is -2.27. The van der Waals surface area contributed by atoms with E-state index in [1.807, 2.05) is 31.3 Å². The second-order valence-electron chi connectivity index (χ2n) is 9.68. The fourth-order valence-corrected chi connectivity index (χ4v) is 3.90. The molecule has 0 bridgehead atoms. The first kappa shape index (κ1) is 25.1. The number of carbonyl (C=O) groups is 1. The molecular weight excluding hydrogens is 488 g/mol. The van der Waals surface area contributed by atoms with Crippen molar-refractivity contribution in [3.63, 3.8) is 0 Å². The van der Waals surface area contributed by atoms with Gasteiger partial charge in [-0.15, -0.1) is 0 Å². The Hall–Kier alpha value is -4.58. The van der Waals surface area contributed by atoms with Crippen molar-refractivity contribution in [1.29, 1.82) is 0 Å². The summed E-state index contributed by atoms with van der Waals surface area (Å²) in [6.07, 6.45) is 6.24. The fourth-order valence-electron chi connectivity index (χ4n) is 3.90. The van der Waals surface area contributed by atoms with Crippen LogP contribution in [0.15, 0.2) is 49.1 Å². The number of amides is 1. The number of hydrogen-bond acceptors (Lipinski definition) is 9. The number of ether oxygens (including phenoxy) is 2. The molecule has 5 aromatic rings. The van der Waals surface area contributed by atoms with Gasteiger partial charge in [0.15, 0.2) is 17.2 Å². The minimum absolute atomic E-state index is 0.0327. The van der Waals surface area contributed by atoms with Gasteiger partial charge in [-0.25, -0.2) is 24.1 Å². The maximum absolute atomic E-state index is 12.6. The summed E-state index contributed by atoms with van der Waals surface area (Å²) in [5, 5.41) is 22.4. The Morgan fingerprint density at radius 1 is 1.11 bits per heavy atom. The molecule has 1 amide bonds. The molecule has 0 saturated heterocycles. The molecule has 0 aliphatic heterocycles. The predicted molar refractivity (Wildman–Crippen MR) is 140 cm³/mol. The molecule has 0 saturated carbocycles. The van der Waals surface area contributed by atoms with E-state index in [2.05, 4.69) is 25.5 Å². The Morgan fingerprint density at radius 3 is 2.68 bits per heavy atom. The van der Waals surface area contributed by atoms with Crippen LogP contribution in [0.3, 0.4) is 0 Å². The van der Waals surface area contributed by atoms with Crippen molar-refractivity contribution in [2.75, 3.05) is 11.9 Å². The van der Waals surface area contributed by atoms with Gasteiger partial charge in [0.2, 0.25) is 0 Å². The average molecular weight is 517 g/mol. The lowest BCUT2D eigenvalue weighted by Gasteiger charge is -2.20. The Bertz CT molecular complexity index is 1610. The number of hydrogen-bond donors (Lipinski definition) is 2. The normalized spacial score (nSPS) is 11.7. The van der Waals surface area contributed by atoms with Crippen LogP contribution in [0, 0.1) is 6.92 Å².